The van der Waals surface area contributed by atoms with E-state index >= 15 is 8.78 Å². The highest BCUT2D eigenvalue weighted by atomic mass is 32.2. The lowest BCUT2D eigenvalue weighted by Crippen LogP contribution is -2.47. The number of thiazole rings is 1. The van der Waals surface area contributed by atoms with Gasteiger partial charge in [-0.15, -0.1) is 11.3 Å². The van der Waals surface area contributed by atoms with Gasteiger partial charge in [-0.05, 0) is 43.2 Å². The van der Waals surface area contributed by atoms with Crippen molar-refractivity contribution < 1.29 is 28.2 Å². The molecule has 0 spiro atoms. The Kier molecular flexibility index (Phi) is 8.99. The van der Waals surface area contributed by atoms with Gasteiger partial charge < -0.3 is 14.7 Å². The van der Waals surface area contributed by atoms with E-state index in [-0.39, 0.29) is 33.3 Å². The molecule has 42 heavy (non-hydrogen) atoms. The molecular formula is C28H33F2N5O4S2Si. The standard InChI is InChI=1S/C28H33F2N5O4S2Si/c1-27(19-11-17(7-8-20(19)29)12-21(30)23-32-15-18(14-31)40-23)22-13-28(22,24(36)34(2)3)41-25(33-27)35(26(37)38)16-39-9-10-42(4,5)6/h7-8,11-12,15,22H,9-10,13,16H2,1-6H3,(H,37,38)/b21-12-/t22-,27+,28-/m0/s1. The number of thioether (sulfide) groups is 1. The Hall–Kier alpha value is -3.12. The average molecular weight is 634 g/mol. The van der Waals surface area contributed by atoms with Crippen molar-refractivity contribution in [2.24, 2.45) is 10.9 Å². The topological polar surface area (TPSA) is 119 Å². The number of carboxylic acid groups (broad SMARTS) is 1. The number of aliphatic imine (C=N–C) groups is 1. The van der Waals surface area contributed by atoms with Gasteiger partial charge in [0.2, 0.25) is 5.91 Å². The van der Waals surface area contributed by atoms with E-state index in [9.17, 15) is 14.7 Å². The summed E-state index contributed by atoms with van der Waals surface area (Å²) in [4.78, 5) is 37.2. The Bertz CT molecular complexity index is 1500. The molecule has 1 saturated carbocycles. The van der Waals surface area contributed by atoms with Crippen molar-refractivity contribution in [1.29, 1.82) is 5.26 Å². The molecular weight excluding hydrogens is 601 g/mol. The van der Waals surface area contributed by atoms with Crippen LogP contribution in [-0.2, 0) is 15.1 Å². The molecule has 3 atom stereocenters. The Labute approximate surface area is 252 Å². The van der Waals surface area contributed by atoms with Crippen molar-refractivity contribution in [3.8, 4) is 6.07 Å². The number of carbonyl (C=O) groups is 2. The van der Waals surface area contributed by atoms with Gasteiger partial charge in [-0.3, -0.25) is 9.79 Å². The summed E-state index contributed by atoms with van der Waals surface area (Å²) in [6.07, 6.45) is 1.52. The van der Waals surface area contributed by atoms with Crippen molar-refractivity contribution in [3.05, 3.63) is 51.2 Å². The molecule has 1 aliphatic heterocycles. The van der Waals surface area contributed by atoms with Crippen LogP contribution in [0.3, 0.4) is 0 Å². The highest BCUT2D eigenvalue weighted by molar-refractivity contribution is 8.16. The smallest absolute Gasteiger partial charge is 0.415 e. The molecule has 1 fully saturated rings. The van der Waals surface area contributed by atoms with E-state index in [2.05, 4.69) is 24.6 Å². The minimum atomic E-state index is -1.42. The number of ether oxygens (including phenoxy) is 1. The molecule has 2 amide bonds. The van der Waals surface area contributed by atoms with Gasteiger partial charge in [0, 0.05) is 40.3 Å². The Morgan fingerprint density at radius 1 is 1.33 bits per heavy atom. The fraction of sp³-hybridized carbons (Fsp3) is 0.464. The van der Waals surface area contributed by atoms with Gasteiger partial charge in [0.05, 0.1) is 11.7 Å². The number of hydrogen-bond acceptors (Lipinski definition) is 8. The number of nitrogens with zero attached hydrogens (tertiary/aromatic N) is 5. The van der Waals surface area contributed by atoms with Crippen LogP contribution in [0, 0.1) is 23.1 Å². The quantitative estimate of drug-likeness (QED) is 0.202. The highest BCUT2D eigenvalue weighted by Gasteiger charge is 2.71. The molecule has 0 radical (unpaired) electrons. The summed E-state index contributed by atoms with van der Waals surface area (Å²) in [6.45, 7) is 8.33. The molecule has 4 rings (SSSR count). The molecule has 0 saturated heterocycles. The van der Waals surface area contributed by atoms with Gasteiger partial charge in [0.1, 0.15) is 28.2 Å². The van der Waals surface area contributed by atoms with E-state index in [0.29, 0.717) is 18.6 Å². The van der Waals surface area contributed by atoms with Gasteiger partial charge in [0.15, 0.2) is 16.0 Å². The lowest BCUT2D eigenvalue weighted by Gasteiger charge is -2.37. The summed E-state index contributed by atoms with van der Waals surface area (Å²) in [7, 11) is 1.82. The minimum Gasteiger partial charge on any atom is -0.465 e. The lowest BCUT2D eigenvalue weighted by atomic mass is 9.84. The van der Waals surface area contributed by atoms with Gasteiger partial charge in [-0.1, -0.05) is 37.5 Å². The predicted molar refractivity (Wildman–Crippen MR) is 163 cm³/mol. The van der Waals surface area contributed by atoms with Crippen LogP contribution >= 0.6 is 23.1 Å². The van der Waals surface area contributed by atoms with Gasteiger partial charge in [-0.2, -0.15) is 5.26 Å². The fourth-order valence-corrected chi connectivity index (χ4v) is 7.96. The van der Waals surface area contributed by atoms with E-state index in [1.807, 2.05) is 6.07 Å². The zero-order chi connectivity index (χ0) is 31.0. The Morgan fingerprint density at radius 3 is 2.64 bits per heavy atom. The van der Waals surface area contributed by atoms with Crippen LogP contribution in [0.5, 0.6) is 0 Å². The van der Waals surface area contributed by atoms with Gasteiger partial charge >= 0.3 is 6.09 Å². The van der Waals surface area contributed by atoms with E-state index in [1.54, 1.807) is 21.0 Å². The summed E-state index contributed by atoms with van der Waals surface area (Å²) in [5.41, 5.74) is -0.899. The number of halogens is 2. The maximum absolute atomic E-state index is 15.5. The van der Waals surface area contributed by atoms with Crippen LogP contribution in [-0.4, -0.2) is 77.3 Å². The third kappa shape index (κ3) is 6.44. The minimum absolute atomic E-state index is 0.0158. The second kappa shape index (κ2) is 11.9. The molecule has 2 heterocycles. The second-order valence-electron chi connectivity index (χ2n) is 11.9. The first-order valence-electron chi connectivity index (χ1n) is 13.2. The Morgan fingerprint density at radius 2 is 2.05 bits per heavy atom. The molecule has 1 N–H and O–H groups in total. The number of fused-ring (bicyclic) bond motifs is 1. The zero-order valence-electron chi connectivity index (χ0n) is 24.3. The van der Waals surface area contributed by atoms with Crippen LogP contribution in [0.1, 0.15) is 34.4 Å². The van der Waals surface area contributed by atoms with Crippen LogP contribution in [0.15, 0.2) is 29.4 Å². The third-order valence-corrected chi connectivity index (χ3v) is 11.4. The summed E-state index contributed by atoms with van der Waals surface area (Å²) in [5, 5.41) is 19.2. The van der Waals surface area contributed by atoms with E-state index in [0.717, 1.165) is 34.0 Å². The lowest BCUT2D eigenvalue weighted by molar-refractivity contribution is -0.129. The second-order valence-corrected chi connectivity index (χ2v) is 19.9. The molecule has 2 aliphatic rings. The highest BCUT2D eigenvalue weighted by Crippen LogP contribution is 2.67. The summed E-state index contributed by atoms with van der Waals surface area (Å²) in [5.74, 6) is -1.96. The maximum Gasteiger partial charge on any atom is 0.415 e. The first-order chi connectivity index (χ1) is 19.6. The normalized spacial score (nSPS) is 23.5. The summed E-state index contributed by atoms with van der Waals surface area (Å²) >= 11 is 1.96. The van der Waals surface area contributed by atoms with Crippen molar-refractivity contribution in [2.45, 2.75) is 49.3 Å². The molecule has 0 unspecified atom stereocenters. The molecule has 1 aromatic carbocycles. The molecule has 9 nitrogen and oxygen atoms in total. The van der Waals surface area contributed by atoms with Crippen LogP contribution in [0.2, 0.25) is 25.7 Å². The van der Waals surface area contributed by atoms with Crippen molar-refractivity contribution in [1.82, 2.24) is 14.8 Å². The van der Waals surface area contributed by atoms with E-state index < -0.39 is 42.0 Å². The van der Waals surface area contributed by atoms with Crippen LogP contribution in [0.25, 0.3) is 11.9 Å². The molecule has 2 aromatic rings. The number of hydrogen-bond donors (Lipinski definition) is 1. The van der Waals surface area contributed by atoms with Gasteiger partial charge in [0.25, 0.3) is 0 Å². The summed E-state index contributed by atoms with van der Waals surface area (Å²) in [6, 6.07) is 6.82. The van der Waals surface area contributed by atoms with Crippen molar-refractivity contribution in [2.75, 3.05) is 27.4 Å². The number of aromatic nitrogens is 1. The average Bonchev–Trinajstić information content (AvgIpc) is 3.47. The fourth-order valence-electron chi connectivity index (χ4n) is 4.89. The van der Waals surface area contributed by atoms with E-state index in [1.165, 1.54) is 35.4 Å². The first-order valence-corrected chi connectivity index (χ1v) is 18.6. The largest absolute Gasteiger partial charge is 0.465 e. The maximum atomic E-state index is 15.5. The summed E-state index contributed by atoms with van der Waals surface area (Å²) < 4.78 is 35.2. The van der Waals surface area contributed by atoms with Gasteiger partial charge in [-0.25, -0.2) is 23.5 Å². The first kappa shape index (κ1) is 31.8. The number of benzene rings is 1. The molecule has 224 valence electrons. The van der Waals surface area contributed by atoms with E-state index in [4.69, 9.17) is 15.0 Å². The van der Waals surface area contributed by atoms with Crippen LogP contribution in [0.4, 0.5) is 13.6 Å². The number of nitriles is 1. The SMILES string of the molecule is CN(C)C(=O)[C@]12C[C@H]1[C@@](C)(c1cc(/C=C(\F)c3ncc(C#N)s3)ccc1F)N=C(N(COCC[Si](C)(C)C)C(=O)O)S2. The van der Waals surface area contributed by atoms with Crippen molar-refractivity contribution in [3.63, 3.8) is 0 Å². The molecule has 1 aliphatic carbocycles. The number of carbonyl (C=O) groups excluding carboxylic acids is 1. The number of amides is 2. The zero-order valence-corrected chi connectivity index (χ0v) is 26.9. The number of amidine groups is 1. The monoisotopic (exact) mass is 633 g/mol. The molecule has 14 heteroatoms. The van der Waals surface area contributed by atoms with Crippen LogP contribution < -0.4 is 0 Å². The predicted octanol–water partition coefficient (Wildman–Crippen LogP) is 6.08. The molecule has 0 bridgehead atoms. The molecule has 1 aromatic heterocycles. The number of rotatable bonds is 9. The van der Waals surface area contributed by atoms with Crippen molar-refractivity contribution >= 4 is 60.2 Å². The third-order valence-electron chi connectivity index (χ3n) is 7.29. The Balaban J connectivity index is 1.75.